The van der Waals surface area contributed by atoms with Crippen LogP contribution in [0.4, 0.5) is 0 Å². The van der Waals surface area contributed by atoms with Gasteiger partial charge < -0.3 is 71.0 Å². The molecule has 3 radical (unpaired) electrons. The van der Waals surface area contributed by atoms with Gasteiger partial charge in [0.05, 0.1) is 22.9 Å². The summed E-state index contributed by atoms with van der Waals surface area (Å²) in [7, 11) is -3.26. The number of likely N-dealkylation sites (N-methyl/N-ethyl adjacent to an activating group) is 3. The molecule has 0 bridgehead atoms. The van der Waals surface area contributed by atoms with Crippen molar-refractivity contribution in [2.75, 3.05) is 117 Å². The molecule has 8 atom stereocenters. The largest absolute Gasteiger partial charge is 0.540 e. The molecule has 0 aromatic heterocycles. The van der Waals surface area contributed by atoms with E-state index in [4.69, 9.17) is 19.4 Å². The summed E-state index contributed by atoms with van der Waals surface area (Å²) < 4.78 is 51.7. The summed E-state index contributed by atoms with van der Waals surface area (Å²) in [6.45, 7) is 3.23. The second kappa shape index (κ2) is 49.8. The molecule has 1 saturated carbocycles. The van der Waals surface area contributed by atoms with E-state index in [1.165, 1.54) is 50.0 Å². The fourth-order valence-corrected chi connectivity index (χ4v) is 12.3. The Bertz CT molecular complexity index is 2250. The number of hydrogen-bond donors (Lipinski definition) is 10. The first kappa shape index (κ1) is 89.4. The number of nitrogens with zero attached hydrogens (tertiary/aromatic N) is 2. The van der Waals surface area contributed by atoms with Gasteiger partial charge in [-0.05, 0) is 76.4 Å². The van der Waals surface area contributed by atoms with Crippen LogP contribution in [0, 0.1) is 11.8 Å². The number of amides is 8. The van der Waals surface area contributed by atoms with Crippen molar-refractivity contribution in [3.63, 3.8) is 0 Å². The molecule has 8 amide bonds. The van der Waals surface area contributed by atoms with Crippen molar-refractivity contribution in [1.82, 2.24) is 47.0 Å². The zero-order valence-electron chi connectivity index (χ0n) is 48.2. The van der Waals surface area contributed by atoms with Crippen molar-refractivity contribution in [2.24, 2.45) is 11.8 Å². The molecule has 3 fully saturated rings. The van der Waals surface area contributed by atoms with Crippen LogP contribution >= 0.6 is 67.9 Å². The van der Waals surface area contributed by atoms with E-state index in [-0.39, 0.29) is 241 Å². The topological polar surface area (TPSA) is 427 Å². The minimum absolute atomic E-state index is 0. The zero-order chi connectivity index (χ0) is 61.9. The Kier molecular flexibility index (Phi) is 52.3. The Morgan fingerprint density at radius 2 is 1.04 bits per heavy atom. The third-order valence-corrected chi connectivity index (χ3v) is 18.2. The Morgan fingerprint density at radius 1 is 0.600 bits per heavy atom. The summed E-state index contributed by atoms with van der Waals surface area (Å²) in [5, 5.41) is 17.1. The standard InChI is InChI=1S/C19H32N4O9PS.C18H29N3O7PS.C8H16N2O5PS2.3Y/c1-20-14(11-24)12-34-15-10-18(27)23(19(15)28)7-5-17(26)21-6-9-31-8-3-4-16(25)22-13-32-33(2,29)30;1-19-14(9-22)10-30-15-7-16(23)21(18(15)25)8-12-3-5-13(6-4-12)17(24)20-11-28-29(2,26)27;1-9-7(3-11)4-17-18-5-8(12)10-6-15-16(2,13)14;;;/h14-15,20H,3-10,12-13H2,1-2H3,(H,21,26)(H,22,25)(H,29,30);12-15,19H,3-8,10-11H2,1-2H3,(H,20,24)(H,26,27);7,9H,4-6H2,1-2H3,(H,10,12)(H,13,14);;;/q3*-1;;;. The minimum Gasteiger partial charge on any atom is -0.540 e. The third kappa shape index (κ3) is 42.8. The maximum absolute atomic E-state index is 12.6. The van der Waals surface area contributed by atoms with Crippen LogP contribution in [0.3, 0.4) is 0 Å². The van der Waals surface area contributed by atoms with Crippen LogP contribution in [0.1, 0.15) is 57.8 Å². The van der Waals surface area contributed by atoms with Gasteiger partial charge in [-0.1, -0.05) is 39.7 Å². The molecule has 3 rings (SSSR count). The second-order valence-corrected chi connectivity index (χ2v) is 28.8. The fourth-order valence-electron chi connectivity index (χ4n) is 7.00. The predicted octanol–water partition coefficient (Wildman–Crippen LogP) is -1.03. The maximum atomic E-state index is 12.6. The van der Waals surface area contributed by atoms with E-state index in [0.29, 0.717) is 55.9 Å². The van der Waals surface area contributed by atoms with Gasteiger partial charge in [0.2, 0.25) is 47.3 Å². The number of ether oxygens (including phenoxy) is 1. The molecule has 2 heterocycles. The van der Waals surface area contributed by atoms with Gasteiger partial charge in [0.1, 0.15) is 20.2 Å². The molecule has 30 nitrogen and oxygen atoms in total. The van der Waals surface area contributed by atoms with Crippen molar-refractivity contribution < 1.29 is 198 Å². The van der Waals surface area contributed by atoms with Crippen LogP contribution in [-0.2, 0) is 183 Å². The van der Waals surface area contributed by atoms with Crippen LogP contribution in [0.2, 0.25) is 0 Å². The average molecular weight is 1570 g/mol. The van der Waals surface area contributed by atoms with E-state index >= 15 is 0 Å². The third-order valence-electron chi connectivity index (χ3n) is 11.5. The van der Waals surface area contributed by atoms with Crippen LogP contribution in [0.5, 0.6) is 0 Å². The van der Waals surface area contributed by atoms with Crippen molar-refractivity contribution in [1.29, 1.82) is 0 Å². The summed E-state index contributed by atoms with van der Waals surface area (Å²) in [5.74, 6) is -1.01. The molecular weight excluding hydrogens is 1490 g/mol. The number of thioether (sulfide) groups is 2. The second-order valence-electron chi connectivity index (χ2n) is 18.2. The molecule has 2 saturated heterocycles. The Labute approximate surface area is 587 Å². The van der Waals surface area contributed by atoms with Crippen molar-refractivity contribution in [3.8, 4) is 0 Å². The fraction of sp³-hybridized carbons (Fsp3) is 0.756. The van der Waals surface area contributed by atoms with E-state index in [0.717, 1.165) is 24.9 Å². The quantitative estimate of drug-likeness (QED) is 0.00879. The molecule has 2 aliphatic heterocycles. The summed E-state index contributed by atoms with van der Waals surface area (Å²) in [4.78, 5) is 157. The van der Waals surface area contributed by atoms with E-state index in [9.17, 15) is 66.4 Å². The Balaban J connectivity index is -0.00000122. The van der Waals surface area contributed by atoms with Gasteiger partial charge >= 0.3 is 22.8 Å². The van der Waals surface area contributed by atoms with E-state index in [1.54, 1.807) is 21.1 Å². The minimum atomic E-state index is -3.63. The summed E-state index contributed by atoms with van der Waals surface area (Å²) in [5.41, 5.74) is 0. The molecule has 479 valence electrons. The van der Waals surface area contributed by atoms with Crippen molar-refractivity contribution >= 4 is 134 Å². The number of likely N-dealkylation sites (tertiary alicyclic amines) is 2. The molecule has 3 aliphatic rings. The van der Waals surface area contributed by atoms with Gasteiger partial charge in [0.25, 0.3) is 0 Å². The van der Waals surface area contributed by atoms with Crippen LogP contribution in [0.15, 0.2) is 0 Å². The van der Waals surface area contributed by atoms with Crippen molar-refractivity contribution in [3.05, 3.63) is 0 Å². The molecular formula is C45H77N9O21P3S4Y3-3. The first-order valence-corrected chi connectivity index (χ1v) is 36.1. The SMILES string of the molecule is CNC([C-]=O)CSC1CC(=O)N(CC2CCC(C(=O)NCOP(C)(=O)O)CC2)C1=O.CNC([C-]=O)CSC1CC(=O)N(CCC(=O)NCCOCCCC(=O)NCOP(C)(=O)O)C1=O.CNC([C-]=O)CSSCC(=O)NCOP(C)(=O)O.[Y].[Y].[Y]. The molecule has 1 aliphatic carbocycles. The monoisotopic (exact) mass is 1570 g/mol. The number of rotatable bonds is 39. The van der Waals surface area contributed by atoms with Gasteiger partial charge in [-0.3, -0.25) is 75.4 Å². The number of imide groups is 2. The molecule has 0 spiro atoms. The van der Waals surface area contributed by atoms with Gasteiger partial charge in [-0.25, -0.2) is 18.9 Å². The Hall–Kier alpha value is 0.172. The van der Waals surface area contributed by atoms with Crippen LogP contribution in [0.25, 0.3) is 0 Å². The summed E-state index contributed by atoms with van der Waals surface area (Å²) >= 11 is 2.51. The van der Waals surface area contributed by atoms with Gasteiger partial charge in [0.15, 0.2) is 0 Å². The molecule has 0 aromatic rings. The predicted molar refractivity (Wildman–Crippen MR) is 308 cm³/mol. The summed E-state index contributed by atoms with van der Waals surface area (Å²) in [6.07, 6.45) is 8.86. The average Bonchev–Trinajstić information content (AvgIpc) is 3.90. The molecule has 40 heteroatoms. The normalized spacial score (nSPS) is 20.4. The zero-order valence-corrected chi connectivity index (χ0v) is 62.6. The van der Waals surface area contributed by atoms with Crippen LogP contribution < -0.4 is 37.2 Å². The van der Waals surface area contributed by atoms with Gasteiger partial charge in [-0.15, -0.1) is 23.5 Å². The number of carbonyl (C=O) groups excluding carboxylic acids is 11. The number of hydrogen-bond acceptors (Lipinski definition) is 25. The Morgan fingerprint density at radius 3 is 1.51 bits per heavy atom. The van der Waals surface area contributed by atoms with Crippen LogP contribution in [-0.4, -0.2) is 236 Å². The van der Waals surface area contributed by atoms with E-state index < -0.39 is 45.4 Å². The molecule has 0 aromatic carbocycles. The van der Waals surface area contributed by atoms with Gasteiger partial charge in [0, 0.05) is 176 Å². The number of nitrogens with one attached hydrogen (secondary N) is 7. The number of carbonyl (C=O) groups is 8. The first-order valence-electron chi connectivity index (χ1n) is 25.4. The smallest absolute Gasteiger partial charge is 0.326 e. The maximum Gasteiger partial charge on any atom is 0.326 e. The molecule has 8 unspecified atom stereocenters. The van der Waals surface area contributed by atoms with Crippen molar-refractivity contribution in [2.45, 2.75) is 86.4 Å². The van der Waals surface area contributed by atoms with E-state index in [2.05, 4.69) is 50.8 Å². The van der Waals surface area contributed by atoms with Gasteiger partial charge in [-0.2, -0.15) is 0 Å². The summed E-state index contributed by atoms with van der Waals surface area (Å²) in [6, 6.07) is -1.34. The molecule has 10 N–H and O–H groups in total. The van der Waals surface area contributed by atoms with E-state index in [1.807, 2.05) is 18.9 Å². The molecule has 85 heavy (non-hydrogen) atoms. The first-order chi connectivity index (χ1) is 38.6.